The van der Waals surface area contributed by atoms with Gasteiger partial charge in [-0.1, -0.05) is 29.8 Å². The predicted octanol–water partition coefficient (Wildman–Crippen LogP) is 3.89. The molecule has 1 aromatic heterocycles. The largest absolute Gasteiger partial charge is 0.251 e. The summed E-state index contributed by atoms with van der Waals surface area (Å²) in [5, 5.41) is 6.00. The fourth-order valence-electron chi connectivity index (χ4n) is 1.94. The molecule has 0 aliphatic rings. The molecule has 0 fully saturated rings. The van der Waals surface area contributed by atoms with E-state index in [9.17, 15) is 4.39 Å². The summed E-state index contributed by atoms with van der Waals surface area (Å²) in [6, 6.07) is 12.0. The molecule has 0 spiro atoms. The molecule has 0 aliphatic carbocycles. The summed E-state index contributed by atoms with van der Waals surface area (Å²) in [4.78, 5) is 8.77. The van der Waals surface area contributed by atoms with Gasteiger partial charge in [-0.3, -0.25) is 4.98 Å². The minimum atomic E-state index is -0.422. The van der Waals surface area contributed by atoms with E-state index < -0.39 is 5.82 Å². The summed E-state index contributed by atoms with van der Waals surface area (Å²) < 4.78 is 13.7. The highest BCUT2D eigenvalue weighted by atomic mass is 35.5. The summed E-state index contributed by atoms with van der Waals surface area (Å²) in [5.41, 5.74) is 1.82. The van der Waals surface area contributed by atoms with Gasteiger partial charge in [0.2, 0.25) is 0 Å². The first-order chi connectivity index (χ1) is 10.6. The monoisotopic (exact) mass is 314 g/mol. The molecule has 110 valence electrons. The number of anilines is 1. The minimum absolute atomic E-state index is 0.241. The van der Waals surface area contributed by atoms with E-state index in [1.807, 2.05) is 24.3 Å². The van der Waals surface area contributed by atoms with Gasteiger partial charge in [0, 0.05) is 12.6 Å². The third-order valence-electron chi connectivity index (χ3n) is 3.13. The number of hydrogen-bond acceptors (Lipinski definition) is 4. The Morgan fingerprint density at radius 2 is 1.91 bits per heavy atom. The van der Waals surface area contributed by atoms with Crippen molar-refractivity contribution in [3.63, 3.8) is 0 Å². The van der Waals surface area contributed by atoms with E-state index in [1.165, 1.54) is 17.3 Å². The SMILES string of the molecule is CN(/N=C\c1c(F)cccc1Cl)c1cnc2ccccc2n1. The smallest absolute Gasteiger partial charge is 0.167 e. The Labute approximate surface area is 131 Å². The lowest BCUT2D eigenvalue weighted by atomic mass is 10.2. The van der Waals surface area contributed by atoms with E-state index in [4.69, 9.17) is 11.6 Å². The van der Waals surface area contributed by atoms with Crippen LogP contribution in [-0.4, -0.2) is 23.2 Å². The van der Waals surface area contributed by atoms with Crippen LogP contribution in [0.1, 0.15) is 5.56 Å². The molecule has 0 radical (unpaired) electrons. The summed E-state index contributed by atoms with van der Waals surface area (Å²) in [6.45, 7) is 0. The molecule has 0 unspecified atom stereocenters. The molecule has 1 heterocycles. The molecule has 0 saturated carbocycles. The van der Waals surface area contributed by atoms with Gasteiger partial charge in [0.15, 0.2) is 5.82 Å². The number of nitrogens with zero attached hydrogens (tertiary/aromatic N) is 4. The first kappa shape index (κ1) is 14.4. The highest BCUT2D eigenvalue weighted by molar-refractivity contribution is 6.33. The molecule has 3 aromatic rings. The molecular formula is C16H12ClFN4. The van der Waals surface area contributed by atoms with E-state index in [0.717, 1.165) is 11.0 Å². The number of para-hydroxylation sites is 2. The van der Waals surface area contributed by atoms with Crippen LogP contribution in [0, 0.1) is 5.82 Å². The normalized spacial score (nSPS) is 11.2. The van der Waals surface area contributed by atoms with Crippen molar-refractivity contribution in [1.29, 1.82) is 0 Å². The number of halogens is 2. The van der Waals surface area contributed by atoms with Gasteiger partial charge in [0.25, 0.3) is 0 Å². The number of hydrazone groups is 1. The lowest BCUT2D eigenvalue weighted by Gasteiger charge is -2.12. The molecule has 0 N–H and O–H groups in total. The zero-order valence-corrected chi connectivity index (χ0v) is 12.5. The Kier molecular flexibility index (Phi) is 3.98. The quantitative estimate of drug-likeness (QED) is 0.544. The lowest BCUT2D eigenvalue weighted by molar-refractivity contribution is 0.626. The zero-order chi connectivity index (χ0) is 15.5. The van der Waals surface area contributed by atoms with Gasteiger partial charge in [-0.2, -0.15) is 5.10 Å². The van der Waals surface area contributed by atoms with Crippen molar-refractivity contribution < 1.29 is 4.39 Å². The topological polar surface area (TPSA) is 41.4 Å². The average Bonchev–Trinajstić information content (AvgIpc) is 2.53. The summed E-state index contributed by atoms with van der Waals surface area (Å²) >= 11 is 5.96. The van der Waals surface area contributed by atoms with Crippen molar-refractivity contribution in [2.24, 2.45) is 5.10 Å². The maximum atomic E-state index is 13.7. The Morgan fingerprint density at radius 1 is 1.14 bits per heavy atom. The molecule has 2 aromatic carbocycles. The van der Waals surface area contributed by atoms with Crippen LogP contribution in [0.2, 0.25) is 5.02 Å². The summed E-state index contributed by atoms with van der Waals surface area (Å²) in [5.74, 6) is 0.136. The number of fused-ring (bicyclic) bond motifs is 1. The van der Waals surface area contributed by atoms with Crippen molar-refractivity contribution in [3.8, 4) is 0 Å². The van der Waals surface area contributed by atoms with Crippen molar-refractivity contribution in [1.82, 2.24) is 9.97 Å². The molecule has 22 heavy (non-hydrogen) atoms. The van der Waals surface area contributed by atoms with Crippen molar-refractivity contribution in [2.75, 3.05) is 12.1 Å². The van der Waals surface area contributed by atoms with Crippen molar-refractivity contribution in [3.05, 3.63) is 65.1 Å². The number of rotatable bonds is 3. The highest BCUT2D eigenvalue weighted by Crippen LogP contribution is 2.18. The molecule has 0 amide bonds. The Morgan fingerprint density at radius 3 is 2.68 bits per heavy atom. The van der Waals surface area contributed by atoms with Crippen molar-refractivity contribution in [2.45, 2.75) is 0 Å². The number of aromatic nitrogens is 2. The second-order valence-electron chi connectivity index (χ2n) is 4.62. The van der Waals surface area contributed by atoms with Gasteiger partial charge >= 0.3 is 0 Å². The Bertz CT molecular complexity index is 830. The Balaban J connectivity index is 1.89. The second-order valence-corrected chi connectivity index (χ2v) is 5.03. The molecule has 0 bridgehead atoms. The van der Waals surface area contributed by atoms with Crippen LogP contribution in [-0.2, 0) is 0 Å². The van der Waals surface area contributed by atoms with E-state index in [-0.39, 0.29) is 5.56 Å². The van der Waals surface area contributed by atoms with Crippen LogP contribution in [0.3, 0.4) is 0 Å². The van der Waals surface area contributed by atoms with Crippen LogP contribution >= 0.6 is 11.6 Å². The molecule has 0 atom stereocenters. The molecule has 3 rings (SSSR count). The van der Waals surface area contributed by atoms with Gasteiger partial charge < -0.3 is 0 Å². The second kappa shape index (κ2) is 6.07. The third-order valence-corrected chi connectivity index (χ3v) is 3.46. The molecule has 0 saturated heterocycles. The van der Waals surface area contributed by atoms with E-state index in [0.29, 0.717) is 10.8 Å². The van der Waals surface area contributed by atoms with E-state index in [2.05, 4.69) is 15.1 Å². The fraction of sp³-hybridized carbons (Fsp3) is 0.0625. The van der Waals surface area contributed by atoms with Gasteiger partial charge in [0.1, 0.15) is 5.82 Å². The molecule has 0 aliphatic heterocycles. The first-order valence-corrected chi connectivity index (χ1v) is 6.96. The Hall–Kier alpha value is -2.53. The standard InChI is InChI=1S/C16H12ClFN4/c1-22(20-9-11-12(17)5-4-6-13(11)18)16-10-19-14-7-2-3-8-15(14)21-16/h2-10H,1H3/b20-9-. The van der Waals surface area contributed by atoms with Crippen molar-refractivity contribution >= 4 is 34.7 Å². The van der Waals surface area contributed by atoms with Crippen LogP contribution in [0.25, 0.3) is 11.0 Å². The number of benzene rings is 2. The van der Waals surface area contributed by atoms with Crippen LogP contribution < -0.4 is 5.01 Å². The van der Waals surface area contributed by atoms with Crippen LogP contribution in [0.5, 0.6) is 0 Å². The maximum Gasteiger partial charge on any atom is 0.167 e. The van der Waals surface area contributed by atoms with Gasteiger partial charge in [-0.15, -0.1) is 0 Å². The molecule has 4 nitrogen and oxygen atoms in total. The zero-order valence-electron chi connectivity index (χ0n) is 11.7. The molecular weight excluding hydrogens is 303 g/mol. The summed E-state index contributed by atoms with van der Waals surface area (Å²) in [6.07, 6.45) is 2.98. The number of hydrogen-bond donors (Lipinski definition) is 0. The van der Waals surface area contributed by atoms with Gasteiger partial charge in [-0.05, 0) is 24.3 Å². The third kappa shape index (κ3) is 2.89. The predicted molar refractivity (Wildman–Crippen MR) is 86.9 cm³/mol. The maximum absolute atomic E-state index is 13.7. The van der Waals surface area contributed by atoms with Gasteiger partial charge in [-0.25, -0.2) is 14.4 Å². The van der Waals surface area contributed by atoms with Crippen LogP contribution in [0.4, 0.5) is 10.2 Å². The van der Waals surface area contributed by atoms with Gasteiger partial charge in [0.05, 0.1) is 28.5 Å². The summed E-state index contributed by atoms with van der Waals surface area (Å²) in [7, 11) is 1.71. The average molecular weight is 315 g/mol. The van der Waals surface area contributed by atoms with E-state index >= 15 is 0 Å². The minimum Gasteiger partial charge on any atom is -0.251 e. The van der Waals surface area contributed by atoms with Crippen LogP contribution in [0.15, 0.2) is 53.8 Å². The first-order valence-electron chi connectivity index (χ1n) is 6.58. The lowest BCUT2D eigenvalue weighted by Crippen LogP contribution is -2.11. The molecule has 6 heteroatoms. The van der Waals surface area contributed by atoms with E-state index in [1.54, 1.807) is 25.4 Å². The highest BCUT2D eigenvalue weighted by Gasteiger charge is 2.06. The fourth-order valence-corrected chi connectivity index (χ4v) is 2.15.